The standard InChI is InChI=1S/C22H28N2O4S/c1-26-17-10-19(27-2)18(20(11-17)28-3)4-5-22(25)24-13-16(14-24)23-8-6-21-15(12-23)7-9-29-21/h7,9-11,16H,4-6,8,12-14H2,1-3H3. The largest absolute Gasteiger partial charge is 0.496 e. The summed E-state index contributed by atoms with van der Waals surface area (Å²) in [6.45, 7) is 3.77. The molecule has 0 bridgehead atoms. The van der Waals surface area contributed by atoms with E-state index in [1.807, 2.05) is 28.4 Å². The maximum absolute atomic E-state index is 12.7. The number of carbonyl (C=O) groups is 1. The average Bonchev–Trinajstić information content (AvgIpc) is 3.18. The molecule has 1 fully saturated rings. The first-order valence-corrected chi connectivity index (χ1v) is 10.9. The van der Waals surface area contributed by atoms with Gasteiger partial charge in [0, 0.05) is 61.2 Å². The molecule has 0 unspecified atom stereocenters. The van der Waals surface area contributed by atoms with E-state index in [0.717, 1.165) is 38.2 Å². The Morgan fingerprint density at radius 2 is 1.86 bits per heavy atom. The lowest BCUT2D eigenvalue weighted by Crippen LogP contribution is -2.61. The number of fused-ring (bicyclic) bond motifs is 1. The highest BCUT2D eigenvalue weighted by Gasteiger charge is 2.36. The Hall–Kier alpha value is -2.25. The van der Waals surface area contributed by atoms with Crippen LogP contribution < -0.4 is 14.2 Å². The van der Waals surface area contributed by atoms with E-state index in [0.29, 0.717) is 36.1 Å². The number of nitrogens with zero attached hydrogens (tertiary/aromatic N) is 2. The lowest BCUT2D eigenvalue weighted by molar-refractivity contribution is -0.138. The SMILES string of the molecule is COc1cc(OC)c(CCC(=O)N2CC(N3CCc4sccc4C3)C2)c(OC)c1. The van der Waals surface area contributed by atoms with Gasteiger partial charge in [0.25, 0.3) is 0 Å². The molecule has 0 saturated carbocycles. The number of amides is 1. The number of hydrogen-bond acceptors (Lipinski definition) is 6. The van der Waals surface area contributed by atoms with Crippen molar-refractivity contribution in [3.8, 4) is 17.2 Å². The van der Waals surface area contributed by atoms with Crippen LogP contribution in [0.1, 0.15) is 22.4 Å². The highest BCUT2D eigenvalue weighted by Crippen LogP contribution is 2.35. The molecule has 2 aliphatic heterocycles. The number of carbonyl (C=O) groups excluding carboxylic acids is 1. The molecule has 1 aromatic carbocycles. The maximum atomic E-state index is 12.7. The zero-order valence-corrected chi connectivity index (χ0v) is 18.1. The summed E-state index contributed by atoms with van der Waals surface area (Å²) >= 11 is 1.86. The molecule has 0 atom stereocenters. The minimum absolute atomic E-state index is 0.189. The van der Waals surface area contributed by atoms with Gasteiger partial charge in [-0.3, -0.25) is 9.69 Å². The van der Waals surface area contributed by atoms with Crippen LogP contribution >= 0.6 is 11.3 Å². The summed E-state index contributed by atoms with van der Waals surface area (Å²) in [4.78, 5) is 18.7. The molecule has 7 heteroatoms. The van der Waals surface area contributed by atoms with Gasteiger partial charge < -0.3 is 19.1 Å². The van der Waals surface area contributed by atoms with Gasteiger partial charge in [0.1, 0.15) is 17.2 Å². The number of benzene rings is 1. The van der Waals surface area contributed by atoms with Crippen LogP contribution in [0.15, 0.2) is 23.6 Å². The van der Waals surface area contributed by atoms with Gasteiger partial charge in [-0.05, 0) is 29.9 Å². The normalized spacial score (nSPS) is 16.9. The van der Waals surface area contributed by atoms with Gasteiger partial charge in [-0.15, -0.1) is 11.3 Å². The van der Waals surface area contributed by atoms with Crippen molar-refractivity contribution < 1.29 is 19.0 Å². The molecular weight excluding hydrogens is 388 g/mol. The molecule has 1 saturated heterocycles. The molecule has 4 rings (SSSR count). The topological polar surface area (TPSA) is 51.2 Å². The molecule has 1 amide bonds. The molecule has 3 heterocycles. The van der Waals surface area contributed by atoms with E-state index in [1.54, 1.807) is 21.3 Å². The summed E-state index contributed by atoms with van der Waals surface area (Å²) in [6, 6.07) is 6.38. The smallest absolute Gasteiger partial charge is 0.223 e. The van der Waals surface area contributed by atoms with Crippen LogP contribution in [0.25, 0.3) is 0 Å². The van der Waals surface area contributed by atoms with Crippen molar-refractivity contribution in [2.24, 2.45) is 0 Å². The number of rotatable bonds is 7. The van der Waals surface area contributed by atoms with Gasteiger partial charge >= 0.3 is 0 Å². The number of methoxy groups -OCH3 is 3. The highest BCUT2D eigenvalue weighted by molar-refractivity contribution is 7.10. The van der Waals surface area contributed by atoms with E-state index in [4.69, 9.17) is 14.2 Å². The predicted octanol–water partition coefficient (Wildman–Crippen LogP) is 2.98. The number of ether oxygens (including phenoxy) is 3. The first kappa shape index (κ1) is 20.0. The van der Waals surface area contributed by atoms with Crippen molar-refractivity contribution in [3.63, 3.8) is 0 Å². The Labute approximate surface area is 176 Å². The van der Waals surface area contributed by atoms with Crippen LogP contribution in [-0.2, 0) is 24.2 Å². The van der Waals surface area contributed by atoms with Crippen molar-refractivity contribution in [2.75, 3.05) is 41.0 Å². The van der Waals surface area contributed by atoms with Crippen LogP contribution in [0.5, 0.6) is 17.2 Å². The van der Waals surface area contributed by atoms with Crippen molar-refractivity contribution in [1.82, 2.24) is 9.80 Å². The Balaban J connectivity index is 1.31. The second-order valence-corrected chi connectivity index (χ2v) is 8.55. The number of hydrogen-bond donors (Lipinski definition) is 0. The zero-order valence-electron chi connectivity index (χ0n) is 17.3. The molecule has 2 aromatic rings. The van der Waals surface area contributed by atoms with Gasteiger partial charge in [0.05, 0.1) is 21.3 Å². The van der Waals surface area contributed by atoms with E-state index in [2.05, 4.69) is 16.3 Å². The summed E-state index contributed by atoms with van der Waals surface area (Å²) < 4.78 is 16.3. The second-order valence-electron chi connectivity index (χ2n) is 7.55. The second kappa shape index (κ2) is 8.63. The summed E-state index contributed by atoms with van der Waals surface area (Å²) in [6.07, 6.45) is 2.16. The molecule has 156 valence electrons. The van der Waals surface area contributed by atoms with E-state index in [1.165, 1.54) is 10.4 Å². The third-order valence-electron chi connectivity index (χ3n) is 5.97. The molecular formula is C22H28N2O4S. The molecule has 6 nitrogen and oxygen atoms in total. The molecule has 0 N–H and O–H groups in total. The molecule has 1 aromatic heterocycles. The van der Waals surface area contributed by atoms with Gasteiger partial charge in [0.15, 0.2) is 0 Å². The fraction of sp³-hybridized carbons (Fsp3) is 0.500. The monoisotopic (exact) mass is 416 g/mol. The van der Waals surface area contributed by atoms with Gasteiger partial charge in [0.2, 0.25) is 5.91 Å². The van der Waals surface area contributed by atoms with Crippen LogP contribution in [-0.4, -0.2) is 62.7 Å². The maximum Gasteiger partial charge on any atom is 0.223 e. The quantitative estimate of drug-likeness (QED) is 0.695. The molecule has 29 heavy (non-hydrogen) atoms. The van der Waals surface area contributed by atoms with Crippen LogP contribution in [0.4, 0.5) is 0 Å². The number of likely N-dealkylation sites (tertiary alicyclic amines) is 1. The van der Waals surface area contributed by atoms with E-state index >= 15 is 0 Å². The summed E-state index contributed by atoms with van der Waals surface area (Å²) in [7, 11) is 4.85. The number of thiophene rings is 1. The third kappa shape index (κ3) is 4.07. The van der Waals surface area contributed by atoms with Crippen molar-refractivity contribution >= 4 is 17.2 Å². The summed E-state index contributed by atoms with van der Waals surface area (Å²) in [5.41, 5.74) is 2.37. The van der Waals surface area contributed by atoms with Crippen LogP contribution in [0.3, 0.4) is 0 Å². The summed E-state index contributed by atoms with van der Waals surface area (Å²) in [5, 5.41) is 2.19. The van der Waals surface area contributed by atoms with E-state index < -0.39 is 0 Å². The van der Waals surface area contributed by atoms with Gasteiger partial charge in [-0.1, -0.05) is 0 Å². The van der Waals surface area contributed by atoms with Gasteiger partial charge in [-0.25, -0.2) is 0 Å². The molecule has 0 spiro atoms. The lowest BCUT2D eigenvalue weighted by Gasteiger charge is -2.46. The Morgan fingerprint density at radius 3 is 2.52 bits per heavy atom. The van der Waals surface area contributed by atoms with E-state index in [-0.39, 0.29) is 5.91 Å². The Bertz CT molecular complexity index is 850. The molecule has 0 aliphatic carbocycles. The first-order chi connectivity index (χ1) is 14.1. The zero-order chi connectivity index (χ0) is 20.4. The van der Waals surface area contributed by atoms with Crippen LogP contribution in [0.2, 0.25) is 0 Å². The fourth-order valence-corrected chi connectivity index (χ4v) is 5.08. The minimum atomic E-state index is 0.189. The van der Waals surface area contributed by atoms with Gasteiger partial charge in [-0.2, -0.15) is 0 Å². The summed E-state index contributed by atoms with van der Waals surface area (Å²) in [5.74, 6) is 2.25. The average molecular weight is 417 g/mol. The van der Waals surface area contributed by atoms with Crippen molar-refractivity contribution in [2.45, 2.75) is 31.8 Å². The van der Waals surface area contributed by atoms with E-state index in [9.17, 15) is 4.79 Å². The predicted molar refractivity (Wildman–Crippen MR) is 113 cm³/mol. The highest BCUT2D eigenvalue weighted by atomic mass is 32.1. The van der Waals surface area contributed by atoms with Crippen molar-refractivity contribution in [3.05, 3.63) is 39.6 Å². The van der Waals surface area contributed by atoms with Crippen LogP contribution in [0, 0.1) is 0 Å². The minimum Gasteiger partial charge on any atom is -0.496 e. The molecule has 2 aliphatic rings. The Kier molecular flexibility index (Phi) is 5.96. The third-order valence-corrected chi connectivity index (χ3v) is 7.00. The first-order valence-electron chi connectivity index (χ1n) is 9.99. The molecule has 0 radical (unpaired) electrons. The Morgan fingerprint density at radius 1 is 1.14 bits per heavy atom. The fourth-order valence-electron chi connectivity index (χ4n) is 4.19. The van der Waals surface area contributed by atoms with Crippen molar-refractivity contribution in [1.29, 1.82) is 0 Å². The lowest BCUT2D eigenvalue weighted by atomic mass is 10.0.